The van der Waals surface area contributed by atoms with Crippen LogP contribution in [0.25, 0.3) is 0 Å². The van der Waals surface area contributed by atoms with E-state index in [9.17, 15) is 4.57 Å². The van der Waals surface area contributed by atoms with Gasteiger partial charge in [0.05, 0.1) is 0 Å². The van der Waals surface area contributed by atoms with Crippen LogP contribution in [-0.2, 0) is 4.57 Å². The number of nitrogens with one attached hydrogen (secondary N) is 1. The normalized spacial score (nSPS) is 11.7. The molecule has 0 saturated heterocycles. The third-order valence-electron chi connectivity index (χ3n) is 5.90. The van der Waals surface area contributed by atoms with Crippen LogP contribution >= 0.6 is 32.4 Å². The Morgan fingerprint density at radius 2 is 0.839 bits per heavy atom. The molecule has 0 unspecified atom stereocenters. The molecule has 0 heterocycles. The van der Waals surface area contributed by atoms with Crippen molar-refractivity contribution in [1.82, 2.24) is 5.32 Å². The Labute approximate surface area is 203 Å². The lowest BCUT2D eigenvalue weighted by molar-refractivity contribution is 0.370. The van der Waals surface area contributed by atoms with Gasteiger partial charge in [0, 0.05) is 12.7 Å². The highest BCUT2D eigenvalue weighted by Gasteiger charge is 2.10. The molecule has 0 fully saturated rings. The summed E-state index contributed by atoms with van der Waals surface area (Å²) in [7, 11) is -3.77. The van der Waals surface area contributed by atoms with E-state index in [1.807, 2.05) is 0 Å². The van der Waals surface area contributed by atoms with Crippen LogP contribution in [0.4, 0.5) is 0 Å². The highest BCUT2D eigenvalue weighted by Crippen LogP contribution is 2.35. The second-order valence-electron chi connectivity index (χ2n) is 9.04. The molecule has 0 bridgehead atoms. The maximum atomic E-state index is 10.8. The maximum Gasteiger partial charge on any atom is 0.325 e. The van der Waals surface area contributed by atoms with Crippen molar-refractivity contribution in [1.29, 1.82) is 0 Å². The monoisotopic (exact) mass is 495 g/mol. The molecular formula is C24H50NO3PS2. The van der Waals surface area contributed by atoms with Gasteiger partial charge in [0.15, 0.2) is 0 Å². The predicted octanol–water partition coefficient (Wildman–Crippen LogP) is 8.16. The van der Waals surface area contributed by atoms with E-state index >= 15 is 0 Å². The number of hydrogen-bond acceptors (Lipinski definition) is 2. The molecule has 0 aromatic heterocycles. The van der Waals surface area contributed by atoms with Gasteiger partial charge in [-0.15, -0.1) is 12.6 Å². The minimum atomic E-state index is -3.77. The molecule has 0 aliphatic heterocycles. The number of hydrogen-bond donors (Lipinski definition) is 4. The average molecular weight is 496 g/mol. The molecule has 0 aliphatic carbocycles. The average Bonchev–Trinajstić information content (AvgIpc) is 2.70. The fraction of sp³-hybridized carbons (Fsp3) is 0.958. The van der Waals surface area contributed by atoms with Gasteiger partial charge in [-0.25, -0.2) is 0 Å². The van der Waals surface area contributed by atoms with Crippen molar-refractivity contribution in [3.63, 3.8) is 0 Å². The third kappa shape index (κ3) is 30.4. The van der Waals surface area contributed by atoms with Crippen LogP contribution in [0, 0.1) is 0 Å². The van der Waals surface area contributed by atoms with Gasteiger partial charge in [0.1, 0.15) is 4.32 Å². The second kappa shape index (κ2) is 23.5. The van der Waals surface area contributed by atoms with Crippen molar-refractivity contribution in [2.45, 2.75) is 135 Å². The summed E-state index contributed by atoms with van der Waals surface area (Å²) in [6.07, 6.45) is 27.2. The molecule has 0 radical (unpaired) electrons. The first-order valence-electron chi connectivity index (χ1n) is 12.9. The maximum absolute atomic E-state index is 10.8. The highest BCUT2D eigenvalue weighted by atomic mass is 32.1. The SMILES string of the molecule is O=P(O)(O)CCCCCCCCCCCCCCCCCCCCCCCNC(=S)S. The number of thiol groups is 1. The van der Waals surface area contributed by atoms with Crippen molar-refractivity contribution in [2.24, 2.45) is 0 Å². The fourth-order valence-corrected chi connectivity index (χ4v) is 4.85. The lowest BCUT2D eigenvalue weighted by Gasteiger charge is -2.05. The predicted molar refractivity (Wildman–Crippen MR) is 143 cm³/mol. The van der Waals surface area contributed by atoms with E-state index in [-0.39, 0.29) is 6.16 Å². The summed E-state index contributed by atoms with van der Waals surface area (Å²) in [5, 5.41) is 3.09. The first kappa shape index (κ1) is 31.4. The zero-order valence-electron chi connectivity index (χ0n) is 19.9. The zero-order valence-corrected chi connectivity index (χ0v) is 22.5. The number of thiocarbonyl (C=S) groups is 1. The minimum absolute atomic E-state index is 0.0547. The molecule has 0 rings (SSSR count). The summed E-state index contributed by atoms with van der Waals surface area (Å²) in [5.41, 5.74) is 0. The summed E-state index contributed by atoms with van der Waals surface area (Å²) < 4.78 is 11.4. The molecule has 0 amide bonds. The highest BCUT2D eigenvalue weighted by molar-refractivity contribution is 8.11. The van der Waals surface area contributed by atoms with Crippen LogP contribution in [0.2, 0.25) is 0 Å². The fourth-order valence-electron chi connectivity index (χ4n) is 4.00. The quantitative estimate of drug-likeness (QED) is 0.0470. The van der Waals surface area contributed by atoms with E-state index in [1.165, 1.54) is 116 Å². The first-order valence-corrected chi connectivity index (χ1v) is 15.6. The summed E-state index contributed by atoms with van der Waals surface area (Å²) in [5.74, 6) is 0. The summed E-state index contributed by atoms with van der Waals surface area (Å²) in [4.78, 5) is 17.6. The van der Waals surface area contributed by atoms with E-state index in [2.05, 4.69) is 17.9 Å². The van der Waals surface area contributed by atoms with Gasteiger partial charge in [-0.3, -0.25) is 4.57 Å². The van der Waals surface area contributed by atoms with E-state index in [1.54, 1.807) is 0 Å². The molecule has 0 saturated carbocycles. The minimum Gasteiger partial charge on any atom is -0.371 e. The van der Waals surface area contributed by atoms with Crippen molar-refractivity contribution in [3.05, 3.63) is 0 Å². The first-order chi connectivity index (χ1) is 14.9. The summed E-state index contributed by atoms with van der Waals surface area (Å²) in [6, 6.07) is 0. The lowest BCUT2D eigenvalue weighted by Crippen LogP contribution is -2.17. The molecule has 0 aliphatic rings. The Morgan fingerprint density at radius 1 is 0.581 bits per heavy atom. The second-order valence-corrected chi connectivity index (χ2v) is 12.0. The smallest absolute Gasteiger partial charge is 0.325 e. The summed E-state index contributed by atoms with van der Waals surface area (Å²) in [6.45, 7) is 0.966. The van der Waals surface area contributed by atoms with Crippen LogP contribution in [0.5, 0.6) is 0 Å². The largest absolute Gasteiger partial charge is 0.371 e. The topological polar surface area (TPSA) is 69.6 Å². The van der Waals surface area contributed by atoms with E-state index in [4.69, 9.17) is 22.0 Å². The van der Waals surface area contributed by atoms with E-state index in [0.717, 1.165) is 19.4 Å². The molecule has 4 nitrogen and oxygen atoms in total. The number of rotatable bonds is 24. The Kier molecular flexibility index (Phi) is 23.8. The van der Waals surface area contributed by atoms with Crippen LogP contribution < -0.4 is 5.32 Å². The Balaban J connectivity index is 3.05. The molecule has 0 aromatic carbocycles. The lowest BCUT2D eigenvalue weighted by atomic mass is 10.0. The Bertz CT molecular complexity index is 447. The van der Waals surface area contributed by atoms with Crippen molar-refractivity contribution in [3.8, 4) is 0 Å². The molecule has 0 atom stereocenters. The molecule has 0 spiro atoms. The number of unbranched alkanes of at least 4 members (excludes halogenated alkanes) is 20. The zero-order chi connectivity index (χ0) is 23.0. The molecule has 0 aromatic rings. The Hall–Kier alpha value is 0.390. The van der Waals surface area contributed by atoms with Gasteiger partial charge in [0.2, 0.25) is 0 Å². The molecule has 31 heavy (non-hydrogen) atoms. The molecule has 7 heteroatoms. The standard InChI is InChI=1S/C24H50NO3PS2/c26-29(27,28)23-21-19-17-15-13-11-9-7-5-3-1-2-4-6-8-10-12-14-16-18-20-22-25-24(30)31/h1-23H2,(H2,25,30,31)(H2,26,27,28). The van der Waals surface area contributed by atoms with Gasteiger partial charge in [-0.05, 0) is 12.8 Å². The van der Waals surface area contributed by atoms with Gasteiger partial charge in [0.25, 0.3) is 0 Å². The van der Waals surface area contributed by atoms with Crippen LogP contribution in [0.15, 0.2) is 0 Å². The van der Waals surface area contributed by atoms with Gasteiger partial charge in [-0.2, -0.15) is 0 Å². The van der Waals surface area contributed by atoms with Gasteiger partial charge >= 0.3 is 7.60 Å². The summed E-state index contributed by atoms with van der Waals surface area (Å²) >= 11 is 8.93. The van der Waals surface area contributed by atoms with E-state index < -0.39 is 7.60 Å². The molecule has 186 valence electrons. The molecular weight excluding hydrogens is 445 g/mol. The van der Waals surface area contributed by atoms with Gasteiger partial charge < -0.3 is 15.1 Å². The van der Waals surface area contributed by atoms with Crippen LogP contribution in [0.3, 0.4) is 0 Å². The van der Waals surface area contributed by atoms with Crippen LogP contribution in [0.1, 0.15) is 135 Å². The third-order valence-corrected chi connectivity index (χ3v) is 7.10. The van der Waals surface area contributed by atoms with Gasteiger partial charge in [-0.1, -0.05) is 134 Å². The van der Waals surface area contributed by atoms with E-state index in [0.29, 0.717) is 10.7 Å². The van der Waals surface area contributed by atoms with Crippen LogP contribution in [-0.4, -0.2) is 26.8 Å². The van der Waals surface area contributed by atoms with Crippen molar-refractivity contribution in [2.75, 3.05) is 12.7 Å². The molecule has 3 N–H and O–H groups in total. The van der Waals surface area contributed by atoms with Crippen molar-refractivity contribution < 1.29 is 14.4 Å². The van der Waals surface area contributed by atoms with Crippen molar-refractivity contribution >= 4 is 36.8 Å². The Morgan fingerprint density at radius 3 is 1.10 bits per heavy atom.